The van der Waals surface area contributed by atoms with E-state index < -0.39 is 0 Å². The Hall–Kier alpha value is -2.40. The van der Waals surface area contributed by atoms with Crippen LogP contribution in [0.4, 0.5) is 5.82 Å². The highest BCUT2D eigenvalue weighted by Gasteiger charge is 2.22. The SMILES string of the molecule is CCN(CC)c1cc(C(=O)N2CCN(Cc3ccccc3)CC2)ccn1. The van der Waals surface area contributed by atoms with Gasteiger partial charge in [0.15, 0.2) is 0 Å². The van der Waals surface area contributed by atoms with E-state index in [2.05, 4.69) is 52.9 Å². The molecule has 1 aromatic carbocycles. The molecule has 26 heavy (non-hydrogen) atoms. The maximum atomic E-state index is 12.9. The van der Waals surface area contributed by atoms with Gasteiger partial charge in [-0.2, -0.15) is 0 Å². The molecule has 0 saturated carbocycles. The summed E-state index contributed by atoms with van der Waals surface area (Å²) >= 11 is 0. The van der Waals surface area contributed by atoms with Crippen LogP contribution in [0.2, 0.25) is 0 Å². The number of carbonyl (C=O) groups is 1. The van der Waals surface area contributed by atoms with Crippen LogP contribution in [0.15, 0.2) is 48.7 Å². The second kappa shape index (κ2) is 8.81. The lowest BCUT2D eigenvalue weighted by Gasteiger charge is -2.35. The Morgan fingerprint density at radius 2 is 1.73 bits per heavy atom. The van der Waals surface area contributed by atoms with Crippen molar-refractivity contribution in [1.82, 2.24) is 14.8 Å². The third kappa shape index (κ3) is 4.41. The number of nitrogens with zero attached hydrogens (tertiary/aromatic N) is 4. The predicted octanol–water partition coefficient (Wildman–Crippen LogP) is 2.89. The van der Waals surface area contributed by atoms with E-state index in [9.17, 15) is 4.79 Å². The lowest BCUT2D eigenvalue weighted by Crippen LogP contribution is -2.48. The van der Waals surface area contributed by atoms with Crippen LogP contribution >= 0.6 is 0 Å². The average molecular weight is 352 g/mol. The first-order chi connectivity index (χ1) is 12.7. The summed E-state index contributed by atoms with van der Waals surface area (Å²) < 4.78 is 0. The largest absolute Gasteiger partial charge is 0.357 e. The summed E-state index contributed by atoms with van der Waals surface area (Å²) in [6.07, 6.45) is 1.74. The molecule has 3 rings (SSSR count). The van der Waals surface area contributed by atoms with Gasteiger partial charge in [-0.25, -0.2) is 4.98 Å². The van der Waals surface area contributed by atoms with Crippen molar-refractivity contribution < 1.29 is 4.79 Å². The van der Waals surface area contributed by atoms with Crippen molar-refractivity contribution in [3.8, 4) is 0 Å². The highest BCUT2D eigenvalue weighted by Crippen LogP contribution is 2.16. The van der Waals surface area contributed by atoms with Crippen molar-refractivity contribution in [3.05, 3.63) is 59.8 Å². The minimum Gasteiger partial charge on any atom is -0.357 e. The number of aromatic nitrogens is 1. The number of rotatable bonds is 6. The molecule has 1 saturated heterocycles. The Kier molecular flexibility index (Phi) is 6.23. The third-order valence-electron chi connectivity index (χ3n) is 4.99. The standard InChI is InChI=1S/C21H28N4O/c1-3-24(4-2)20-16-19(10-11-22-20)21(26)25-14-12-23(13-15-25)17-18-8-6-5-7-9-18/h5-11,16H,3-4,12-15,17H2,1-2H3. The summed E-state index contributed by atoms with van der Waals surface area (Å²) in [5.74, 6) is 0.990. The van der Waals surface area contributed by atoms with Crippen LogP contribution in [0.3, 0.4) is 0 Å². The average Bonchev–Trinajstić information content (AvgIpc) is 2.70. The van der Waals surface area contributed by atoms with Crippen molar-refractivity contribution in [3.63, 3.8) is 0 Å². The van der Waals surface area contributed by atoms with Gasteiger partial charge >= 0.3 is 0 Å². The monoisotopic (exact) mass is 352 g/mol. The zero-order valence-electron chi connectivity index (χ0n) is 15.8. The minimum absolute atomic E-state index is 0.111. The molecule has 1 aliphatic heterocycles. The van der Waals surface area contributed by atoms with Gasteiger partial charge in [-0.1, -0.05) is 30.3 Å². The van der Waals surface area contributed by atoms with Gasteiger partial charge in [0, 0.05) is 57.6 Å². The van der Waals surface area contributed by atoms with Gasteiger partial charge in [0.1, 0.15) is 5.82 Å². The fourth-order valence-electron chi connectivity index (χ4n) is 3.41. The molecule has 1 fully saturated rings. The van der Waals surface area contributed by atoms with Crippen LogP contribution in [-0.2, 0) is 6.54 Å². The van der Waals surface area contributed by atoms with E-state index in [1.807, 2.05) is 23.1 Å². The van der Waals surface area contributed by atoms with Crippen molar-refractivity contribution in [2.24, 2.45) is 0 Å². The zero-order valence-corrected chi connectivity index (χ0v) is 15.8. The Morgan fingerprint density at radius 1 is 1.04 bits per heavy atom. The van der Waals surface area contributed by atoms with E-state index >= 15 is 0 Å². The number of anilines is 1. The van der Waals surface area contributed by atoms with Crippen molar-refractivity contribution in [2.45, 2.75) is 20.4 Å². The van der Waals surface area contributed by atoms with E-state index in [1.54, 1.807) is 6.20 Å². The molecule has 0 aliphatic carbocycles. The summed E-state index contributed by atoms with van der Waals surface area (Å²) in [5.41, 5.74) is 2.06. The molecular weight excluding hydrogens is 324 g/mol. The van der Waals surface area contributed by atoms with Crippen LogP contribution in [0.5, 0.6) is 0 Å². The highest BCUT2D eigenvalue weighted by molar-refractivity contribution is 5.95. The van der Waals surface area contributed by atoms with Crippen LogP contribution < -0.4 is 4.90 Å². The normalized spacial score (nSPS) is 15.1. The molecule has 0 bridgehead atoms. The molecule has 0 unspecified atom stereocenters. The molecule has 1 amide bonds. The second-order valence-corrected chi connectivity index (χ2v) is 6.63. The fraction of sp³-hybridized carbons (Fsp3) is 0.429. The fourth-order valence-corrected chi connectivity index (χ4v) is 3.41. The van der Waals surface area contributed by atoms with E-state index in [-0.39, 0.29) is 5.91 Å². The summed E-state index contributed by atoms with van der Waals surface area (Å²) in [6, 6.07) is 14.3. The zero-order chi connectivity index (χ0) is 18.4. The number of benzene rings is 1. The van der Waals surface area contributed by atoms with Gasteiger partial charge in [0.05, 0.1) is 0 Å². The van der Waals surface area contributed by atoms with Gasteiger partial charge in [-0.15, -0.1) is 0 Å². The quantitative estimate of drug-likeness (QED) is 0.801. The van der Waals surface area contributed by atoms with E-state index in [0.717, 1.165) is 57.2 Å². The van der Waals surface area contributed by atoms with Crippen molar-refractivity contribution in [1.29, 1.82) is 0 Å². The number of hydrogen-bond acceptors (Lipinski definition) is 4. The second-order valence-electron chi connectivity index (χ2n) is 6.63. The lowest BCUT2D eigenvalue weighted by atomic mass is 10.1. The molecule has 5 nitrogen and oxygen atoms in total. The maximum Gasteiger partial charge on any atom is 0.254 e. The van der Waals surface area contributed by atoms with Gasteiger partial charge in [0.2, 0.25) is 0 Å². The topological polar surface area (TPSA) is 39.7 Å². The summed E-state index contributed by atoms with van der Waals surface area (Å²) in [7, 11) is 0. The molecule has 0 spiro atoms. The van der Waals surface area contributed by atoms with Gasteiger partial charge in [-0.3, -0.25) is 9.69 Å². The highest BCUT2D eigenvalue weighted by atomic mass is 16.2. The van der Waals surface area contributed by atoms with Gasteiger partial charge in [-0.05, 0) is 31.5 Å². The number of amides is 1. The Morgan fingerprint density at radius 3 is 2.38 bits per heavy atom. The molecule has 2 heterocycles. The van der Waals surface area contributed by atoms with Gasteiger partial charge < -0.3 is 9.80 Å². The molecule has 0 radical (unpaired) electrons. The maximum absolute atomic E-state index is 12.9. The summed E-state index contributed by atoms with van der Waals surface area (Å²) in [5, 5.41) is 0. The smallest absolute Gasteiger partial charge is 0.254 e. The number of piperazine rings is 1. The van der Waals surface area contributed by atoms with Crippen LogP contribution in [0.1, 0.15) is 29.8 Å². The summed E-state index contributed by atoms with van der Waals surface area (Å²) in [4.78, 5) is 23.8. The molecule has 0 atom stereocenters. The molecule has 138 valence electrons. The predicted molar refractivity (Wildman–Crippen MR) is 105 cm³/mol. The Balaban J connectivity index is 1.59. The van der Waals surface area contributed by atoms with E-state index in [4.69, 9.17) is 0 Å². The molecule has 1 aromatic heterocycles. The van der Waals surface area contributed by atoms with Crippen molar-refractivity contribution >= 4 is 11.7 Å². The van der Waals surface area contributed by atoms with Crippen LogP contribution in [0.25, 0.3) is 0 Å². The molecular formula is C21H28N4O. The first-order valence-corrected chi connectivity index (χ1v) is 9.47. The summed E-state index contributed by atoms with van der Waals surface area (Å²) in [6.45, 7) is 10.3. The number of hydrogen-bond donors (Lipinski definition) is 0. The Bertz CT molecular complexity index is 707. The molecule has 5 heteroatoms. The molecule has 2 aromatic rings. The van der Waals surface area contributed by atoms with Crippen LogP contribution in [-0.4, -0.2) is 60.0 Å². The minimum atomic E-state index is 0.111. The number of pyridine rings is 1. The first-order valence-electron chi connectivity index (χ1n) is 9.47. The first kappa shape index (κ1) is 18.4. The van der Waals surface area contributed by atoms with E-state index in [0.29, 0.717) is 0 Å². The van der Waals surface area contributed by atoms with E-state index in [1.165, 1.54) is 5.56 Å². The lowest BCUT2D eigenvalue weighted by molar-refractivity contribution is 0.0628. The van der Waals surface area contributed by atoms with Crippen molar-refractivity contribution in [2.75, 3.05) is 44.2 Å². The van der Waals surface area contributed by atoms with Gasteiger partial charge in [0.25, 0.3) is 5.91 Å². The molecule has 1 aliphatic rings. The molecule has 0 N–H and O–H groups in total. The van der Waals surface area contributed by atoms with Crippen LogP contribution in [0, 0.1) is 0 Å². The third-order valence-corrected chi connectivity index (χ3v) is 4.99. The Labute approximate surface area is 156 Å². The number of carbonyl (C=O) groups excluding carboxylic acids is 1.